The van der Waals surface area contributed by atoms with E-state index in [-0.39, 0.29) is 0 Å². The highest BCUT2D eigenvalue weighted by atomic mass is 16.3. The highest BCUT2D eigenvalue weighted by Crippen LogP contribution is 2.47. The zero-order chi connectivity index (χ0) is 45.0. The number of benzene rings is 12. The van der Waals surface area contributed by atoms with Crippen LogP contribution in [0.15, 0.2) is 265 Å². The normalized spacial score (nSPS) is 11.5. The van der Waals surface area contributed by atoms with E-state index < -0.39 is 0 Å². The monoisotopic (exact) mass is 865 g/mol. The van der Waals surface area contributed by atoms with Crippen LogP contribution in [0.25, 0.3) is 110 Å². The second-order valence-corrected chi connectivity index (χ2v) is 17.6. The van der Waals surface area contributed by atoms with E-state index >= 15 is 0 Å². The Hall–Kier alpha value is -8.98. The Morgan fingerprint density at radius 1 is 0.265 bits per heavy atom. The first kappa shape index (κ1) is 39.4. The largest absolute Gasteiger partial charge is 0.454 e. The topological polar surface area (TPSA) is 16.4 Å². The molecule has 1 heterocycles. The van der Waals surface area contributed by atoms with Crippen molar-refractivity contribution in [1.82, 2.24) is 0 Å². The number of hydrogen-bond donors (Lipinski definition) is 0. The van der Waals surface area contributed by atoms with Crippen molar-refractivity contribution in [3.05, 3.63) is 261 Å². The molecule has 318 valence electrons. The maximum Gasteiger partial charge on any atom is 0.159 e. The lowest BCUT2D eigenvalue weighted by Gasteiger charge is -2.26. The molecule has 0 N–H and O–H groups in total. The Morgan fingerprint density at radius 2 is 0.735 bits per heavy atom. The molecule has 0 unspecified atom stereocenters. The molecule has 0 radical (unpaired) electrons. The second-order valence-electron chi connectivity index (χ2n) is 17.6. The Kier molecular flexibility index (Phi) is 9.54. The minimum Gasteiger partial charge on any atom is -0.454 e. The molecule has 0 atom stereocenters. The molecule has 0 spiro atoms. The zero-order valence-electron chi connectivity index (χ0n) is 37.2. The van der Waals surface area contributed by atoms with Crippen LogP contribution in [0.1, 0.15) is 0 Å². The predicted octanol–water partition coefficient (Wildman–Crippen LogP) is 18.9. The summed E-state index contributed by atoms with van der Waals surface area (Å²) in [5, 5.41) is 9.70. The molecule has 0 saturated carbocycles. The summed E-state index contributed by atoms with van der Waals surface area (Å²) < 4.78 is 6.69. The fraction of sp³-hybridized carbons (Fsp3) is 0. The first-order valence-corrected chi connectivity index (χ1v) is 23.3. The molecule has 68 heavy (non-hydrogen) atoms. The highest BCUT2D eigenvalue weighted by Gasteiger charge is 2.21. The van der Waals surface area contributed by atoms with Gasteiger partial charge in [0.2, 0.25) is 0 Å². The first-order valence-electron chi connectivity index (χ1n) is 23.3. The van der Waals surface area contributed by atoms with Crippen LogP contribution in [-0.4, -0.2) is 0 Å². The van der Waals surface area contributed by atoms with E-state index in [4.69, 9.17) is 4.42 Å². The van der Waals surface area contributed by atoms with Gasteiger partial charge in [0.05, 0.1) is 5.69 Å². The van der Waals surface area contributed by atoms with Gasteiger partial charge in [0.1, 0.15) is 5.58 Å². The van der Waals surface area contributed by atoms with E-state index in [9.17, 15) is 0 Å². The maximum absolute atomic E-state index is 6.69. The number of nitrogens with zero attached hydrogens (tertiary/aromatic N) is 1. The summed E-state index contributed by atoms with van der Waals surface area (Å²) in [5.74, 6) is 0. The molecule has 0 fully saturated rings. The molecule has 2 heteroatoms. The average Bonchev–Trinajstić information content (AvgIpc) is 3.81. The summed E-state index contributed by atoms with van der Waals surface area (Å²) in [4.78, 5) is 2.33. The summed E-state index contributed by atoms with van der Waals surface area (Å²) in [5.41, 5.74) is 16.8. The highest BCUT2D eigenvalue weighted by molar-refractivity contribution is 6.22. The van der Waals surface area contributed by atoms with Gasteiger partial charge < -0.3 is 9.32 Å². The quantitative estimate of drug-likeness (QED) is 0.142. The van der Waals surface area contributed by atoms with Crippen LogP contribution in [0.2, 0.25) is 0 Å². The number of rotatable bonds is 8. The van der Waals surface area contributed by atoms with Crippen molar-refractivity contribution in [1.29, 1.82) is 0 Å². The maximum atomic E-state index is 6.69. The van der Waals surface area contributed by atoms with Crippen LogP contribution < -0.4 is 4.90 Å². The van der Waals surface area contributed by atoms with Crippen molar-refractivity contribution in [3.8, 4) is 55.6 Å². The summed E-state index contributed by atoms with van der Waals surface area (Å²) in [6, 6.07) is 94.3. The third-order valence-corrected chi connectivity index (χ3v) is 13.7. The standard InChI is InChI=1S/C66H43NO/c1-3-16-49(17-4-1)64-59-24-10-9-22-56(59)57-42-37-51(43-61(57)65(64)50-18-5-2-6-19-50)46-35-40-53(41-36-46)67(62-27-14-26-60-58-23-11-12-28-63(58)68-66(60)62)52-38-33-45(34-39-52)44-29-31-48(32-30-44)55-25-13-20-47-15-7-8-21-54(47)55/h1-43H. The second kappa shape index (κ2) is 16.5. The molecule has 13 rings (SSSR count). The van der Waals surface area contributed by atoms with Gasteiger partial charge in [-0.1, -0.05) is 218 Å². The van der Waals surface area contributed by atoms with Crippen LogP contribution in [0, 0.1) is 0 Å². The fourth-order valence-electron chi connectivity index (χ4n) is 10.4. The van der Waals surface area contributed by atoms with Gasteiger partial charge in [0.25, 0.3) is 0 Å². The van der Waals surface area contributed by atoms with Crippen LogP contribution in [0.5, 0.6) is 0 Å². The van der Waals surface area contributed by atoms with Gasteiger partial charge in [0, 0.05) is 22.1 Å². The molecular formula is C66H43NO. The van der Waals surface area contributed by atoms with Gasteiger partial charge in [-0.05, 0) is 130 Å². The first-order chi connectivity index (χ1) is 33.7. The summed E-state index contributed by atoms with van der Waals surface area (Å²) in [7, 11) is 0. The molecule has 0 aliphatic rings. The Labute approximate surface area is 395 Å². The van der Waals surface area contributed by atoms with Crippen molar-refractivity contribution < 1.29 is 4.42 Å². The van der Waals surface area contributed by atoms with E-state index in [0.717, 1.165) is 55.7 Å². The number of anilines is 3. The van der Waals surface area contributed by atoms with Crippen molar-refractivity contribution in [3.63, 3.8) is 0 Å². The van der Waals surface area contributed by atoms with Gasteiger partial charge in [-0.2, -0.15) is 0 Å². The number of hydrogen-bond acceptors (Lipinski definition) is 2. The van der Waals surface area contributed by atoms with E-state index in [1.165, 1.54) is 71.3 Å². The van der Waals surface area contributed by atoms with E-state index in [1.807, 2.05) is 6.07 Å². The van der Waals surface area contributed by atoms with Crippen LogP contribution in [0.3, 0.4) is 0 Å². The number of fused-ring (bicyclic) bond motifs is 7. The third kappa shape index (κ3) is 6.73. The SMILES string of the molecule is c1ccc(-c2c(-c3ccccc3)c3cc(-c4ccc(N(c5ccc(-c6ccc(-c7cccc8ccccc78)cc6)cc5)c5cccc6c5oc5ccccc56)cc4)ccc3c3ccccc23)cc1. The molecule has 0 amide bonds. The Balaban J connectivity index is 0.916. The van der Waals surface area contributed by atoms with Gasteiger partial charge in [-0.3, -0.25) is 0 Å². The van der Waals surface area contributed by atoms with Crippen molar-refractivity contribution in [2.75, 3.05) is 4.90 Å². The smallest absolute Gasteiger partial charge is 0.159 e. The summed E-state index contributed by atoms with van der Waals surface area (Å²) in [6.07, 6.45) is 0. The number of furan rings is 1. The van der Waals surface area contributed by atoms with Crippen LogP contribution in [-0.2, 0) is 0 Å². The molecule has 0 aliphatic heterocycles. The molecule has 13 aromatic rings. The predicted molar refractivity (Wildman–Crippen MR) is 288 cm³/mol. The molecule has 0 bridgehead atoms. The molecule has 12 aromatic carbocycles. The van der Waals surface area contributed by atoms with Crippen molar-refractivity contribution in [2.45, 2.75) is 0 Å². The van der Waals surface area contributed by atoms with E-state index in [1.54, 1.807) is 0 Å². The molecule has 1 aromatic heterocycles. The molecular weight excluding hydrogens is 823 g/mol. The van der Waals surface area contributed by atoms with Crippen LogP contribution in [0.4, 0.5) is 17.1 Å². The lowest BCUT2D eigenvalue weighted by molar-refractivity contribution is 0.669. The van der Waals surface area contributed by atoms with Crippen molar-refractivity contribution in [2.24, 2.45) is 0 Å². The molecule has 2 nitrogen and oxygen atoms in total. The van der Waals surface area contributed by atoms with Crippen LogP contribution >= 0.6 is 0 Å². The van der Waals surface area contributed by atoms with Gasteiger partial charge >= 0.3 is 0 Å². The summed E-state index contributed by atoms with van der Waals surface area (Å²) >= 11 is 0. The minimum atomic E-state index is 0.857. The average molecular weight is 866 g/mol. The molecule has 0 saturated heterocycles. The van der Waals surface area contributed by atoms with Gasteiger partial charge in [-0.15, -0.1) is 0 Å². The third-order valence-electron chi connectivity index (χ3n) is 13.7. The van der Waals surface area contributed by atoms with Crippen molar-refractivity contribution >= 4 is 71.3 Å². The Morgan fingerprint density at radius 3 is 1.43 bits per heavy atom. The fourth-order valence-corrected chi connectivity index (χ4v) is 10.4. The lowest BCUT2D eigenvalue weighted by Crippen LogP contribution is -2.10. The zero-order valence-corrected chi connectivity index (χ0v) is 37.2. The van der Waals surface area contributed by atoms with E-state index in [0.29, 0.717) is 0 Å². The summed E-state index contributed by atoms with van der Waals surface area (Å²) in [6.45, 7) is 0. The minimum absolute atomic E-state index is 0.857. The Bertz CT molecular complexity index is 3980. The molecule has 0 aliphatic carbocycles. The number of para-hydroxylation sites is 2. The van der Waals surface area contributed by atoms with Gasteiger partial charge in [-0.25, -0.2) is 0 Å². The van der Waals surface area contributed by atoms with Gasteiger partial charge in [0.15, 0.2) is 5.58 Å². The lowest BCUT2D eigenvalue weighted by atomic mass is 9.84. The van der Waals surface area contributed by atoms with E-state index in [2.05, 4.69) is 260 Å².